The summed E-state index contributed by atoms with van der Waals surface area (Å²) in [4.78, 5) is 31.1. The van der Waals surface area contributed by atoms with Gasteiger partial charge in [0.1, 0.15) is 5.78 Å². The molecule has 0 aliphatic rings. The highest BCUT2D eigenvalue weighted by Gasteiger charge is 2.15. The number of rotatable bonds is 2. The van der Waals surface area contributed by atoms with Crippen LogP contribution >= 0.6 is 0 Å². The lowest BCUT2D eigenvalue weighted by atomic mass is 10.1. The Bertz CT molecular complexity index is 419. The van der Waals surface area contributed by atoms with Gasteiger partial charge in [-0.1, -0.05) is 12.1 Å². The SMILES string of the molecule is CC(C)=O.COC(=O)c1ccccc1C(=O)O. The van der Waals surface area contributed by atoms with Gasteiger partial charge in [-0.15, -0.1) is 0 Å². The summed E-state index contributed by atoms with van der Waals surface area (Å²) in [6.45, 7) is 3.06. The molecular weight excluding hydrogens is 224 g/mol. The van der Waals surface area contributed by atoms with E-state index in [2.05, 4.69) is 4.74 Å². The molecule has 1 aromatic rings. The second-order valence-electron chi connectivity index (χ2n) is 3.25. The third-order valence-corrected chi connectivity index (χ3v) is 1.56. The van der Waals surface area contributed by atoms with Gasteiger partial charge >= 0.3 is 11.9 Å². The molecule has 0 saturated heterocycles. The maximum Gasteiger partial charge on any atom is 0.338 e. The lowest BCUT2D eigenvalue weighted by Gasteiger charge is -2.02. The molecule has 1 aromatic carbocycles. The van der Waals surface area contributed by atoms with Gasteiger partial charge in [0.2, 0.25) is 0 Å². The maximum atomic E-state index is 11.1. The predicted octanol–water partition coefficient (Wildman–Crippen LogP) is 1.77. The fourth-order valence-electron chi connectivity index (χ4n) is 0.958. The third kappa shape index (κ3) is 5.46. The van der Waals surface area contributed by atoms with Crippen molar-refractivity contribution in [1.29, 1.82) is 0 Å². The summed E-state index contributed by atoms with van der Waals surface area (Å²) < 4.78 is 4.42. The molecule has 0 aliphatic heterocycles. The van der Waals surface area contributed by atoms with Crippen LogP contribution in [-0.2, 0) is 9.53 Å². The zero-order valence-electron chi connectivity index (χ0n) is 9.89. The molecule has 0 unspecified atom stereocenters. The molecule has 92 valence electrons. The van der Waals surface area contributed by atoms with E-state index in [0.717, 1.165) is 0 Å². The number of ketones is 1. The van der Waals surface area contributed by atoms with Gasteiger partial charge in [0, 0.05) is 0 Å². The summed E-state index contributed by atoms with van der Waals surface area (Å²) in [7, 11) is 1.21. The molecule has 0 atom stereocenters. The van der Waals surface area contributed by atoms with Crippen molar-refractivity contribution < 1.29 is 24.2 Å². The summed E-state index contributed by atoms with van der Waals surface area (Å²) in [5.74, 6) is -1.61. The number of hydrogen-bond acceptors (Lipinski definition) is 4. The first-order chi connectivity index (χ1) is 7.90. The average Bonchev–Trinajstić information content (AvgIpc) is 2.27. The number of carboxylic acid groups (broad SMARTS) is 1. The highest BCUT2D eigenvalue weighted by atomic mass is 16.5. The molecule has 0 bridgehead atoms. The number of carbonyl (C=O) groups excluding carboxylic acids is 2. The minimum absolute atomic E-state index is 0.0469. The number of carboxylic acids is 1. The number of carbonyl (C=O) groups is 3. The first-order valence-corrected chi connectivity index (χ1v) is 4.78. The molecule has 0 fully saturated rings. The zero-order valence-corrected chi connectivity index (χ0v) is 9.89. The van der Waals surface area contributed by atoms with Crippen LogP contribution in [0.3, 0.4) is 0 Å². The molecule has 1 rings (SSSR count). The largest absolute Gasteiger partial charge is 0.478 e. The molecule has 0 saturated carbocycles. The number of Topliss-reactive ketones (excluding diaryl/α,β-unsaturated/α-hetero) is 1. The number of aromatic carboxylic acids is 1. The standard InChI is InChI=1S/C9H8O4.C3H6O/c1-13-9(12)7-5-3-2-4-6(7)8(10)11;1-3(2)4/h2-5H,1H3,(H,10,11);1-2H3. The summed E-state index contributed by atoms with van der Waals surface area (Å²) in [5, 5.41) is 8.70. The molecule has 5 heteroatoms. The molecule has 1 N–H and O–H groups in total. The number of benzene rings is 1. The molecule has 17 heavy (non-hydrogen) atoms. The number of hydrogen-bond donors (Lipinski definition) is 1. The van der Waals surface area contributed by atoms with Crippen molar-refractivity contribution in [2.24, 2.45) is 0 Å². The Morgan fingerprint density at radius 2 is 1.47 bits per heavy atom. The van der Waals surface area contributed by atoms with Crippen LogP contribution in [0.5, 0.6) is 0 Å². The lowest BCUT2D eigenvalue weighted by molar-refractivity contribution is -0.115. The molecule has 0 heterocycles. The Balaban J connectivity index is 0.000000557. The summed E-state index contributed by atoms with van der Waals surface area (Å²) >= 11 is 0. The first kappa shape index (κ1) is 14.8. The molecule has 0 aliphatic carbocycles. The molecule has 0 aromatic heterocycles. The van der Waals surface area contributed by atoms with Gasteiger partial charge in [-0.3, -0.25) is 0 Å². The van der Waals surface area contributed by atoms with Crippen LogP contribution in [0.15, 0.2) is 24.3 Å². The molecule has 0 amide bonds. The van der Waals surface area contributed by atoms with Gasteiger partial charge in [-0.2, -0.15) is 0 Å². The van der Waals surface area contributed by atoms with Crippen molar-refractivity contribution in [2.45, 2.75) is 13.8 Å². The van der Waals surface area contributed by atoms with Crippen molar-refractivity contribution in [3.05, 3.63) is 35.4 Å². The zero-order chi connectivity index (χ0) is 13.4. The van der Waals surface area contributed by atoms with E-state index >= 15 is 0 Å². The van der Waals surface area contributed by atoms with Crippen molar-refractivity contribution in [3.8, 4) is 0 Å². The van der Waals surface area contributed by atoms with E-state index in [0.29, 0.717) is 0 Å². The molecule has 0 spiro atoms. The fourth-order valence-corrected chi connectivity index (χ4v) is 0.958. The van der Waals surface area contributed by atoms with E-state index in [1.807, 2.05) is 0 Å². The van der Waals surface area contributed by atoms with Gasteiger partial charge in [0.05, 0.1) is 18.2 Å². The summed E-state index contributed by atoms with van der Waals surface area (Å²) in [6, 6.07) is 5.90. The van der Waals surface area contributed by atoms with Crippen molar-refractivity contribution >= 4 is 17.7 Å². The smallest absolute Gasteiger partial charge is 0.338 e. The van der Waals surface area contributed by atoms with E-state index in [1.165, 1.54) is 33.1 Å². The van der Waals surface area contributed by atoms with Crippen LogP contribution in [0.2, 0.25) is 0 Å². The van der Waals surface area contributed by atoms with E-state index in [-0.39, 0.29) is 16.9 Å². The van der Waals surface area contributed by atoms with Crippen LogP contribution in [0.25, 0.3) is 0 Å². The first-order valence-electron chi connectivity index (χ1n) is 4.78. The minimum atomic E-state index is -1.14. The van der Waals surface area contributed by atoms with Crippen LogP contribution in [0, 0.1) is 0 Å². The highest BCUT2D eigenvalue weighted by molar-refractivity contribution is 6.02. The summed E-state index contributed by atoms with van der Waals surface area (Å²) in [5.41, 5.74) is 0.0202. The maximum absolute atomic E-state index is 11.1. The van der Waals surface area contributed by atoms with Crippen molar-refractivity contribution in [3.63, 3.8) is 0 Å². The van der Waals surface area contributed by atoms with E-state index < -0.39 is 11.9 Å². The number of esters is 1. The van der Waals surface area contributed by atoms with Crippen molar-refractivity contribution in [2.75, 3.05) is 7.11 Å². The van der Waals surface area contributed by atoms with Crippen LogP contribution in [0.4, 0.5) is 0 Å². The van der Waals surface area contributed by atoms with Crippen LogP contribution in [-0.4, -0.2) is 29.9 Å². The number of methoxy groups -OCH3 is 1. The quantitative estimate of drug-likeness (QED) is 0.794. The lowest BCUT2D eigenvalue weighted by Crippen LogP contribution is -2.09. The summed E-state index contributed by atoms with van der Waals surface area (Å²) in [6.07, 6.45) is 0. The molecular formula is C12H14O5. The van der Waals surface area contributed by atoms with E-state index in [9.17, 15) is 14.4 Å². The van der Waals surface area contributed by atoms with Crippen molar-refractivity contribution in [1.82, 2.24) is 0 Å². The Hall–Kier alpha value is -2.17. The van der Waals surface area contributed by atoms with Gasteiger partial charge in [-0.05, 0) is 26.0 Å². The van der Waals surface area contributed by atoms with Crippen LogP contribution < -0.4 is 0 Å². The Labute approximate surface area is 99.0 Å². The van der Waals surface area contributed by atoms with Gasteiger partial charge < -0.3 is 14.6 Å². The van der Waals surface area contributed by atoms with Gasteiger partial charge in [-0.25, -0.2) is 9.59 Å². The third-order valence-electron chi connectivity index (χ3n) is 1.56. The highest BCUT2D eigenvalue weighted by Crippen LogP contribution is 2.09. The van der Waals surface area contributed by atoms with E-state index in [4.69, 9.17) is 5.11 Å². The number of ether oxygens (including phenoxy) is 1. The van der Waals surface area contributed by atoms with Crippen LogP contribution in [0.1, 0.15) is 34.6 Å². The van der Waals surface area contributed by atoms with Gasteiger partial charge in [0.25, 0.3) is 0 Å². The fraction of sp³-hybridized carbons (Fsp3) is 0.250. The normalized spacial score (nSPS) is 8.65. The predicted molar refractivity (Wildman–Crippen MR) is 61.1 cm³/mol. The molecule has 5 nitrogen and oxygen atoms in total. The van der Waals surface area contributed by atoms with E-state index in [1.54, 1.807) is 12.1 Å². The minimum Gasteiger partial charge on any atom is -0.478 e. The second-order valence-corrected chi connectivity index (χ2v) is 3.25. The Morgan fingerprint density at radius 3 is 1.82 bits per heavy atom. The monoisotopic (exact) mass is 238 g/mol. The average molecular weight is 238 g/mol. The Kier molecular flexibility index (Phi) is 6.25. The topological polar surface area (TPSA) is 80.7 Å². The molecule has 0 radical (unpaired) electrons. The second kappa shape index (κ2) is 7.16. The Morgan fingerprint density at radius 1 is 1.06 bits per heavy atom. The van der Waals surface area contributed by atoms with Gasteiger partial charge in [0.15, 0.2) is 0 Å².